The van der Waals surface area contributed by atoms with Crippen LogP contribution in [0, 0.1) is 11.2 Å². The predicted octanol–water partition coefficient (Wildman–Crippen LogP) is 2.78. The fraction of sp³-hybridized carbons (Fsp3) is 0.444. The van der Waals surface area contributed by atoms with E-state index in [9.17, 15) is 9.59 Å². The molecular formula is C18H20O5S. The second-order valence-corrected chi connectivity index (χ2v) is 6.23. The summed E-state index contributed by atoms with van der Waals surface area (Å²) < 4.78 is 16.1. The van der Waals surface area contributed by atoms with Crippen molar-refractivity contribution in [2.24, 2.45) is 0 Å². The molecule has 0 bridgehead atoms. The summed E-state index contributed by atoms with van der Waals surface area (Å²) in [7, 11) is 0. The van der Waals surface area contributed by atoms with Gasteiger partial charge in [-0.3, -0.25) is 9.59 Å². The van der Waals surface area contributed by atoms with Crippen LogP contribution in [0.4, 0.5) is 0 Å². The summed E-state index contributed by atoms with van der Waals surface area (Å²) in [6.45, 7) is 2.74. The third-order valence-corrected chi connectivity index (χ3v) is 4.10. The summed E-state index contributed by atoms with van der Waals surface area (Å²) in [5, 5.41) is 3.04. The number of carbonyl (C=O) groups is 2. The van der Waals surface area contributed by atoms with E-state index in [2.05, 4.69) is 11.2 Å². The van der Waals surface area contributed by atoms with Gasteiger partial charge in [-0.05, 0) is 42.0 Å². The molecule has 2 rings (SSSR count). The topological polar surface area (TPSA) is 61.8 Å². The number of esters is 2. The lowest BCUT2D eigenvalue weighted by molar-refractivity contribution is -0.175. The van der Waals surface area contributed by atoms with Crippen LogP contribution in [0.2, 0.25) is 0 Å². The highest BCUT2D eigenvalue weighted by Crippen LogP contribution is 2.23. The molecule has 0 aliphatic carbocycles. The van der Waals surface area contributed by atoms with Gasteiger partial charge in [0, 0.05) is 18.7 Å². The van der Waals surface area contributed by atoms with E-state index in [0.29, 0.717) is 12.8 Å². The van der Waals surface area contributed by atoms with Gasteiger partial charge in [-0.25, -0.2) is 0 Å². The fourth-order valence-corrected chi connectivity index (χ4v) is 2.91. The highest BCUT2D eigenvalue weighted by Gasteiger charge is 2.33. The van der Waals surface area contributed by atoms with Crippen molar-refractivity contribution >= 4 is 23.7 Å². The molecule has 0 unspecified atom stereocenters. The Labute approximate surface area is 146 Å². The average molecular weight is 348 g/mol. The van der Waals surface area contributed by atoms with Crippen molar-refractivity contribution in [3.8, 4) is 11.2 Å². The quantitative estimate of drug-likeness (QED) is 0.474. The molecule has 0 amide bonds. The van der Waals surface area contributed by atoms with Crippen LogP contribution < -0.4 is 0 Å². The lowest BCUT2D eigenvalue weighted by Gasteiger charge is -2.33. The van der Waals surface area contributed by atoms with Gasteiger partial charge in [0.15, 0.2) is 0 Å². The molecule has 0 spiro atoms. The molecule has 0 radical (unpaired) electrons. The summed E-state index contributed by atoms with van der Waals surface area (Å²) in [6.07, 6.45) is 0.111. The number of thioether (sulfide) groups is 1. The minimum absolute atomic E-state index is 0.0529. The second kappa shape index (κ2) is 9.36. The first kappa shape index (κ1) is 18.4. The SMILES string of the molecule is CC(=O)OC[C@H]1O[C@@H](C#CSc2ccccc2)CC[C@@H]1OC(C)=O. The summed E-state index contributed by atoms with van der Waals surface area (Å²) in [4.78, 5) is 23.3. The van der Waals surface area contributed by atoms with Gasteiger partial charge >= 0.3 is 11.9 Å². The Morgan fingerprint density at radius 3 is 2.62 bits per heavy atom. The number of rotatable bonds is 4. The van der Waals surface area contributed by atoms with E-state index in [1.54, 1.807) is 0 Å². The third-order valence-electron chi connectivity index (χ3n) is 3.37. The smallest absolute Gasteiger partial charge is 0.302 e. The van der Waals surface area contributed by atoms with E-state index < -0.39 is 18.2 Å². The first-order chi connectivity index (χ1) is 11.5. The molecule has 1 saturated heterocycles. The van der Waals surface area contributed by atoms with Crippen molar-refractivity contribution in [1.29, 1.82) is 0 Å². The molecule has 1 aliphatic rings. The van der Waals surface area contributed by atoms with Gasteiger partial charge in [-0.15, -0.1) is 0 Å². The number of hydrogen-bond acceptors (Lipinski definition) is 6. The first-order valence-electron chi connectivity index (χ1n) is 7.73. The molecule has 0 N–H and O–H groups in total. The molecule has 1 aliphatic heterocycles. The maximum absolute atomic E-state index is 11.2. The highest BCUT2D eigenvalue weighted by molar-refractivity contribution is 8.03. The zero-order valence-corrected chi connectivity index (χ0v) is 14.5. The molecule has 1 heterocycles. The molecule has 1 aromatic carbocycles. The molecule has 1 aromatic rings. The van der Waals surface area contributed by atoms with Gasteiger partial charge in [0.1, 0.15) is 24.9 Å². The van der Waals surface area contributed by atoms with Gasteiger partial charge in [0.05, 0.1) is 0 Å². The Hall–Kier alpha value is -1.97. The van der Waals surface area contributed by atoms with Crippen molar-refractivity contribution in [2.45, 2.75) is 49.9 Å². The van der Waals surface area contributed by atoms with Crippen LogP contribution in [0.25, 0.3) is 0 Å². The van der Waals surface area contributed by atoms with E-state index in [1.807, 2.05) is 30.3 Å². The molecular weight excluding hydrogens is 328 g/mol. The van der Waals surface area contributed by atoms with Crippen LogP contribution in [0.1, 0.15) is 26.7 Å². The molecule has 24 heavy (non-hydrogen) atoms. The largest absolute Gasteiger partial charge is 0.463 e. The standard InChI is InChI=1S/C18H20O5S/c1-13(19)21-12-18-17(22-14(2)20)9-8-15(23-18)10-11-24-16-6-4-3-5-7-16/h3-7,15,17-18H,8-9,12H2,1-2H3/t15-,17+,18-/m1/s1. The van der Waals surface area contributed by atoms with Crippen LogP contribution in [0.15, 0.2) is 35.2 Å². The lowest BCUT2D eigenvalue weighted by atomic mass is 10.0. The summed E-state index contributed by atoms with van der Waals surface area (Å²) in [6, 6.07) is 9.85. The van der Waals surface area contributed by atoms with Crippen molar-refractivity contribution in [2.75, 3.05) is 6.61 Å². The van der Waals surface area contributed by atoms with Crippen LogP contribution in [-0.2, 0) is 23.8 Å². The van der Waals surface area contributed by atoms with E-state index in [4.69, 9.17) is 14.2 Å². The Bertz CT molecular complexity index is 619. The highest BCUT2D eigenvalue weighted by atomic mass is 32.2. The van der Waals surface area contributed by atoms with E-state index in [1.165, 1.54) is 25.6 Å². The maximum atomic E-state index is 11.2. The third kappa shape index (κ3) is 6.26. The maximum Gasteiger partial charge on any atom is 0.302 e. The van der Waals surface area contributed by atoms with Gasteiger partial charge in [-0.1, -0.05) is 24.1 Å². The monoisotopic (exact) mass is 348 g/mol. The van der Waals surface area contributed by atoms with Crippen LogP contribution in [0.5, 0.6) is 0 Å². The Morgan fingerprint density at radius 2 is 1.96 bits per heavy atom. The number of hydrogen-bond donors (Lipinski definition) is 0. The molecule has 128 valence electrons. The zero-order valence-electron chi connectivity index (χ0n) is 13.7. The lowest BCUT2D eigenvalue weighted by Crippen LogP contribution is -2.43. The number of benzene rings is 1. The number of ether oxygens (including phenoxy) is 3. The minimum Gasteiger partial charge on any atom is -0.463 e. The Morgan fingerprint density at radius 1 is 1.21 bits per heavy atom. The molecule has 3 atom stereocenters. The average Bonchev–Trinajstić information content (AvgIpc) is 2.55. The predicted molar refractivity (Wildman–Crippen MR) is 90.2 cm³/mol. The Balaban J connectivity index is 1.93. The molecule has 1 fully saturated rings. The van der Waals surface area contributed by atoms with E-state index >= 15 is 0 Å². The van der Waals surface area contributed by atoms with Crippen molar-refractivity contribution < 1.29 is 23.8 Å². The van der Waals surface area contributed by atoms with Gasteiger partial charge in [-0.2, -0.15) is 0 Å². The minimum atomic E-state index is -0.493. The zero-order chi connectivity index (χ0) is 17.4. The van der Waals surface area contributed by atoms with Crippen molar-refractivity contribution in [1.82, 2.24) is 0 Å². The van der Waals surface area contributed by atoms with Crippen molar-refractivity contribution in [3.05, 3.63) is 30.3 Å². The number of carbonyl (C=O) groups excluding carboxylic acids is 2. The normalized spacial score (nSPS) is 22.8. The molecule has 0 aromatic heterocycles. The van der Waals surface area contributed by atoms with Crippen LogP contribution in [0.3, 0.4) is 0 Å². The van der Waals surface area contributed by atoms with Gasteiger partial charge in [0.2, 0.25) is 0 Å². The van der Waals surface area contributed by atoms with Crippen LogP contribution >= 0.6 is 11.8 Å². The summed E-state index contributed by atoms with van der Waals surface area (Å²) in [5.41, 5.74) is 0. The molecule has 6 heteroatoms. The summed E-state index contributed by atoms with van der Waals surface area (Å²) in [5.74, 6) is 2.30. The van der Waals surface area contributed by atoms with Crippen LogP contribution in [-0.4, -0.2) is 36.9 Å². The Kier molecular flexibility index (Phi) is 7.16. The fourth-order valence-electron chi connectivity index (χ4n) is 2.31. The van der Waals surface area contributed by atoms with Crippen molar-refractivity contribution in [3.63, 3.8) is 0 Å². The van der Waals surface area contributed by atoms with E-state index in [0.717, 1.165) is 4.90 Å². The second-order valence-electron chi connectivity index (χ2n) is 5.35. The van der Waals surface area contributed by atoms with E-state index in [-0.39, 0.29) is 18.7 Å². The summed E-state index contributed by atoms with van der Waals surface area (Å²) >= 11 is 1.43. The van der Waals surface area contributed by atoms with Gasteiger partial charge < -0.3 is 14.2 Å². The molecule has 0 saturated carbocycles. The van der Waals surface area contributed by atoms with Gasteiger partial charge in [0.25, 0.3) is 0 Å². The first-order valence-corrected chi connectivity index (χ1v) is 8.54. The molecule has 5 nitrogen and oxygen atoms in total.